The molecule has 2 heteroatoms. The molecule has 0 unspecified atom stereocenters. The van der Waals surface area contributed by atoms with Crippen LogP contribution in [0.25, 0.3) is 0 Å². The molecule has 0 aromatic rings. The zero-order chi connectivity index (χ0) is 24.5. The Balaban J connectivity index is 2.44. The standard InChI is InChI=1S/C22H46N.C5H5.4CH3.Ti/c1-4-7-9-11-13-15-17-19-21-23(6-3)22-20-18-16-14-12-10-8-5-2;1-2-4-5-3-1;;;;;/h3-22H2,1-2H3;1-3H,4H2;4*1H3;. The molecular weight excluding hydrogens is 434 g/mol. The van der Waals surface area contributed by atoms with E-state index in [0.717, 1.165) is 0 Å². The van der Waals surface area contributed by atoms with Gasteiger partial charge in [0, 0.05) is 0 Å². The second-order valence-corrected chi connectivity index (χ2v) is 33.7. The SMILES string of the molecule is CCCCCCCCCCN(CCCCCCCCCC)C[CH2][Ti]([CH3])([CH3])([CH3])([CH3])[C]1=CC=CC1. The van der Waals surface area contributed by atoms with E-state index in [-0.39, 0.29) is 0 Å². The molecule has 0 atom stereocenters. The van der Waals surface area contributed by atoms with Crippen molar-refractivity contribution >= 4 is 0 Å². The van der Waals surface area contributed by atoms with E-state index < -0.39 is 14.0 Å². The van der Waals surface area contributed by atoms with Gasteiger partial charge in [0.2, 0.25) is 0 Å². The summed E-state index contributed by atoms with van der Waals surface area (Å²) in [6.45, 7) is 8.59. The summed E-state index contributed by atoms with van der Waals surface area (Å²) in [5.41, 5.74) is 0. The Hall–Kier alpha value is 0.154. The molecule has 0 N–H and O–H groups in total. The van der Waals surface area contributed by atoms with E-state index in [1.807, 2.05) is 0 Å². The molecule has 1 rings (SSSR count). The van der Waals surface area contributed by atoms with Crippen LogP contribution in [0, 0.1) is 0 Å². The summed E-state index contributed by atoms with van der Waals surface area (Å²) in [4.78, 5) is 2.86. The molecule has 196 valence electrons. The van der Waals surface area contributed by atoms with Gasteiger partial charge in [-0.1, -0.05) is 13.8 Å². The average Bonchev–Trinajstić information content (AvgIpc) is 3.31. The fraction of sp³-hybridized carbons (Fsp3) is 0.871. The van der Waals surface area contributed by atoms with Crippen molar-refractivity contribution in [2.45, 2.75) is 149 Å². The van der Waals surface area contributed by atoms with Crippen LogP contribution < -0.4 is 0 Å². The fourth-order valence-corrected chi connectivity index (χ4v) is 11.0. The van der Waals surface area contributed by atoms with Crippen LogP contribution in [0.4, 0.5) is 0 Å². The van der Waals surface area contributed by atoms with E-state index in [4.69, 9.17) is 0 Å². The summed E-state index contributed by atoms with van der Waals surface area (Å²) in [6, 6.07) is 0. The van der Waals surface area contributed by atoms with Gasteiger partial charge in [-0.2, -0.15) is 0 Å². The molecule has 0 fully saturated rings. The van der Waals surface area contributed by atoms with Crippen LogP contribution in [0.5, 0.6) is 0 Å². The molecule has 0 saturated carbocycles. The Morgan fingerprint density at radius 3 is 1.42 bits per heavy atom. The van der Waals surface area contributed by atoms with Crippen LogP contribution in [0.3, 0.4) is 0 Å². The summed E-state index contributed by atoms with van der Waals surface area (Å²) in [6.07, 6.45) is 31.2. The van der Waals surface area contributed by atoms with Gasteiger partial charge in [-0.25, -0.2) is 0 Å². The van der Waals surface area contributed by atoms with Crippen molar-refractivity contribution < 1.29 is 14.0 Å². The molecule has 0 bridgehead atoms. The monoisotopic (exact) mass is 497 g/mol. The third-order valence-corrected chi connectivity index (χ3v) is 17.7. The van der Waals surface area contributed by atoms with Gasteiger partial charge in [0.15, 0.2) is 0 Å². The first kappa shape index (κ1) is 31.2. The molecule has 0 aromatic carbocycles. The molecule has 0 heterocycles. The van der Waals surface area contributed by atoms with Gasteiger partial charge in [0.1, 0.15) is 0 Å². The summed E-state index contributed by atoms with van der Waals surface area (Å²) in [7, 11) is 0. The normalized spacial score (nSPS) is 16.3. The Labute approximate surface area is 208 Å². The first-order valence-corrected chi connectivity index (χ1v) is 23.3. The Kier molecular flexibility index (Phi) is 14.5. The molecule has 0 spiro atoms. The van der Waals surface area contributed by atoms with Crippen molar-refractivity contribution in [2.75, 3.05) is 19.6 Å². The molecular formula is C31H63NTi. The summed E-state index contributed by atoms with van der Waals surface area (Å²) in [5.74, 6) is 0. The summed E-state index contributed by atoms with van der Waals surface area (Å²) in [5, 5.41) is 10.7. The molecule has 1 nitrogen and oxygen atoms in total. The van der Waals surface area contributed by atoms with Crippen LogP contribution in [-0.4, -0.2) is 24.5 Å². The van der Waals surface area contributed by atoms with Crippen LogP contribution in [0.2, 0.25) is 25.6 Å². The molecule has 0 amide bonds. The van der Waals surface area contributed by atoms with Crippen LogP contribution in [0.15, 0.2) is 22.1 Å². The zero-order valence-electron chi connectivity index (χ0n) is 24.0. The van der Waals surface area contributed by atoms with Gasteiger partial charge < -0.3 is 0 Å². The molecule has 33 heavy (non-hydrogen) atoms. The van der Waals surface area contributed by atoms with Crippen molar-refractivity contribution in [1.29, 1.82) is 0 Å². The average molecular weight is 498 g/mol. The van der Waals surface area contributed by atoms with Gasteiger partial charge in [0.05, 0.1) is 0 Å². The Morgan fingerprint density at radius 1 is 0.606 bits per heavy atom. The quantitative estimate of drug-likeness (QED) is 0.106. The van der Waals surface area contributed by atoms with Crippen molar-refractivity contribution in [3.8, 4) is 0 Å². The van der Waals surface area contributed by atoms with Gasteiger partial charge in [0.25, 0.3) is 0 Å². The number of nitrogens with zero attached hydrogens (tertiary/aromatic N) is 1. The minimum absolute atomic E-state index is 1.21. The topological polar surface area (TPSA) is 3.24 Å². The van der Waals surface area contributed by atoms with Crippen molar-refractivity contribution in [1.82, 2.24) is 4.90 Å². The van der Waals surface area contributed by atoms with E-state index >= 15 is 0 Å². The molecule has 0 radical (unpaired) electrons. The van der Waals surface area contributed by atoms with Crippen molar-refractivity contribution in [3.63, 3.8) is 0 Å². The van der Waals surface area contributed by atoms with Gasteiger partial charge in [-0.05, 0) is 0 Å². The van der Waals surface area contributed by atoms with E-state index in [0.29, 0.717) is 0 Å². The van der Waals surface area contributed by atoms with Gasteiger partial charge in [-0.15, -0.1) is 0 Å². The van der Waals surface area contributed by atoms with Gasteiger partial charge >= 0.3 is 195 Å². The first-order chi connectivity index (χ1) is 15.6. The van der Waals surface area contributed by atoms with E-state index in [1.54, 1.807) is 3.88 Å². The maximum atomic E-state index is 2.86. The minimum atomic E-state index is -3.08. The van der Waals surface area contributed by atoms with Crippen LogP contribution in [0.1, 0.15) is 123 Å². The predicted octanol–water partition coefficient (Wildman–Crippen LogP) is 11.2. The number of rotatable bonds is 22. The second kappa shape index (κ2) is 15.3. The fourth-order valence-electron chi connectivity index (χ4n) is 5.42. The maximum absolute atomic E-state index is 3.08. The Morgan fingerprint density at radius 2 is 1.03 bits per heavy atom. The predicted molar refractivity (Wildman–Crippen MR) is 152 cm³/mol. The summed E-state index contributed by atoms with van der Waals surface area (Å²) < 4.78 is 3.20. The van der Waals surface area contributed by atoms with E-state index in [1.165, 1.54) is 134 Å². The Bertz CT molecular complexity index is 544. The van der Waals surface area contributed by atoms with Crippen LogP contribution in [-0.2, 0) is 14.0 Å². The number of hydrogen-bond acceptors (Lipinski definition) is 1. The first-order valence-electron chi connectivity index (χ1n) is 15.2. The number of allylic oxidation sites excluding steroid dienone is 4. The zero-order valence-corrected chi connectivity index (χ0v) is 25.6. The number of hydrogen-bond donors (Lipinski definition) is 0. The molecule has 1 aliphatic rings. The number of unbranched alkanes of at least 4 members (excludes halogenated alkanes) is 14. The molecule has 1 aliphatic carbocycles. The van der Waals surface area contributed by atoms with E-state index in [9.17, 15) is 0 Å². The van der Waals surface area contributed by atoms with Gasteiger partial charge in [-0.3, -0.25) is 0 Å². The molecule has 0 saturated heterocycles. The summed E-state index contributed by atoms with van der Waals surface area (Å²) >= 11 is -3.08. The third-order valence-electron chi connectivity index (χ3n) is 8.49. The molecule has 0 aromatic heterocycles. The third kappa shape index (κ3) is 14.3. The van der Waals surface area contributed by atoms with E-state index in [2.05, 4.69) is 57.9 Å². The van der Waals surface area contributed by atoms with Crippen molar-refractivity contribution in [3.05, 3.63) is 22.1 Å². The second-order valence-electron chi connectivity index (χ2n) is 14.5. The van der Waals surface area contributed by atoms with Crippen LogP contribution >= 0.6 is 0 Å². The van der Waals surface area contributed by atoms with Crippen molar-refractivity contribution in [2.24, 2.45) is 0 Å². The molecule has 0 aliphatic heterocycles.